The number of carbonyl (C=O) groups excluding carboxylic acids is 1. The van der Waals surface area contributed by atoms with Gasteiger partial charge in [-0.3, -0.25) is 4.79 Å². The maximum absolute atomic E-state index is 12.9. The Hall–Kier alpha value is -2.70. The van der Waals surface area contributed by atoms with Gasteiger partial charge in [-0.1, -0.05) is 24.3 Å². The smallest absolute Gasteiger partial charge is 0.416 e. The highest BCUT2D eigenvalue weighted by molar-refractivity contribution is 5.79. The molecule has 0 N–H and O–H groups in total. The minimum absolute atomic E-state index is 0.0506. The highest BCUT2D eigenvalue weighted by atomic mass is 19.4. The van der Waals surface area contributed by atoms with Crippen molar-refractivity contribution >= 4 is 5.91 Å². The molecular formula is C21H20F3NO3. The zero-order valence-corrected chi connectivity index (χ0v) is 15.2. The van der Waals surface area contributed by atoms with Crippen LogP contribution in [-0.4, -0.2) is 30.6 Å². The molecule has 0 radical (unpaired) electrons. The fraction of sp³-hybridized carbons (Fsp3) is 0.381. The third-order valence-electron chi connectivity index (χ3n) is 5.13. The molecular weight excluding hydrogens is 371 g/mol. The molecule has 1 amide bonds. The molecule has 2 aromatic rings. The summed E-state index contributed by atoms with van der Waals surface area (Å²) in [7, 11) is 0. The van der Waals surface area contributed by atoms with E-state index in [1.165, 1.54) is 6.07 Å². The van der Waals surface area contributed by atoms with Crippen LogP contribution in [0.25, 0.3) is 0 Å². The molecule has 7 heteroatoms. The third kappa shape index (κ3) is 3.79. The van der Waals surface area contributed by atoms with Gasteiger partial charge in [0.15, 0.2) is 11.5 Å². The van der Waals surface area contributed by atoms with E-state index in [1.807, 2.05) is 18.2 Å². The first-order chi connectivity index (χ1) is 13.4. The van der Waals surface area contributed by atoms with Gasteiger partial charge in [0.25, 0.3) is 0 Å². The van der Waals surface area contributed by atoms with Gasteiger partial charge < -0.3 is 14.4 Å². The standard InChI is InChI=1S/C21H20F3NO3/c22-21(23,24)16-4-1-3-14(11-16)12-20(26)25-8-2-5-17(25)15-6-7-18-19(13-15)28-10-9-27-18/h1,3-4,6-7,11,13,17H,2,5,8-10,12H2. The molecule has 1 saturated heterocycles. The number of hydrogen-bond donors (Lipinski definition) is 0. The largest absolute Gasteiger partial charge is 0.486 e. The van der Waals surface area contributed by atoms with E-state index in [2.05, 4.69) is 0 Å². The summed E-state index contributed by atoms with van der Waals surface area (Å²) in [6, 6.07) is 10.5. The fourth-order valence-corrected chi connectivity index (χ4v) is 3.81. The van der Waals surface area contributed by atoms with E-state index in [1.54, 1.807) is 11.0 Å². The summed E-state index contributed by atoms with van der Waals surface area (Å²) in [5, 5.41) is 0. The maximum Gasteiger partial charge on any atom is 0.416 e. The van der Waals surface area contributed by atoms with Gasteiger partial charge in [-0.05, 0) is 42.2 Å². The van der Waals surface area contributed by atoms with Crippen LogP contribution in [0.2, 0.25) is 0 Å². The number of rotatable bonds is 3. The number of likely N-dealkylation sites (tertiary alicyclic amines) is 1. The van der Waals surface area contributed by atoms with Gasteiger partial charge >= 0.3 is 6.18 Å². The number of alkyl halides is 3. The lowest BCUT2D eigenvalue weighted by molar-refractivity contribution is -0.138. The number of amides is 1. The van der Waals surface area contributed by atoms with Crippen molar-refractivity contribution in [3.63, 3.8) is 0 Å². The number of halogens is 3. The second-order valence-electron chi connectivity index (χ2n) is 7.02. The molecule has 28 heavy (non-hydrogen) atoms. The SMILES string of the molecule is O=C(Cc1cccc(C(F)(F)F)c1)N1CCCC1c1ccc2c(c1)OCCO2. The van der Waals surface area contributed by atoms with Crippen molar-refractivity contribution in [3.05, 3.63) is 59.2 Å². The highest BCUT2D eigenvalue weighted by Crippen LogP contribution is 2.38. The van der Waals surface area contributed by atoms with Crippen LogP contribution >= 0.6 is 0 Å². The van der Waals surface area contributed by atoms with E-state index in [0.717, 1.165) is 30.5 Å². The molecule has 148 valence electrons. The topological polar surface area (TPSA) is 38.8 Å². The van der Waals surface area contributed by atoms with Crippen molar-refractivity contribution in [1.82, 2.24) is 4.90 Å². The average molecular weight is 391 g/mol. The van der Waals surface area contributed by atoms with Gasteiger partial charge in [-0.2, -0.15) is 13.2 Å². The van der Waals surface area contributed by atoms with Crippen LogP contribution in [0.5, 0.6) is 11.5 Å². The molecule has 2 aliphatic rings. The van der Waals surface area contributed by atoms with Crippen molar-refractivity contribution in [2.45, 2.75) is 31.5 Å². The first-order valence-electron chi connectivity index (χ1n) is 9.27. The normalized spacial score (nSPS) is 19.0. The summed E-state index contributed by atoms with van der Waals surface area (Å²) in [5.74, 6) is 1.19. The van der Waals surface area contributed by atoms with E-state index < -0.39 is 11.7 Å². The van der Waals surface area contributed by atoms with Gasteiger partial charge in [0.05, 0.1) is 18.0 Å². The van der Waals surface area contributed by atoms with Crippen molar-refractivity contribution in [2.24, 2.45) is 0 Å². The molecule has 0 aromatic heterocycles. The zero-order chi connectivity index (χ0) is 19.7. The molecule has 2 aliphatic heterocycles. The molecule has 1 atom stereocenters. The summed E-state index contributed by atoms with van der Waals surface area (Å²) < 4.78 is 49.9. The van der Waals surface area contributed by atoms with E-state index in [4.69, 9.17) is 9.47 Å². The Kier molecular flexibility index (Phi) is 4.91. The van der Waals surface area contributed by atoms with E-state index in [9.17, 15) is 18.0 Å². The van der Waals surface area contributed by atoms with Crippen molar-refractivity contribution < 1.29 is 27.4 Å². The summed E-state index contributed by atoms with van der Waals surface area (Å²) >= 11 is 0. The van der Waals surface area contributed by atoms with Crippen LogP contribution in [-0.2, 0) is 17.4 Å². The van der Waals surface area contributed by atoms with Crippen LogP contribution in [0.15, 0.2) is 42.5 Å². The fourth-order valence-electron chi connectivity index (χ4n) is 3.81. The minimum atomic E-state index is -4.42. The van der Waals surface area contributed by atoms with Crippen LogP contribution in [0, 0.1) is 0 Å². The molecule has 1 fully saturated rings. The predicted octanol–water partition coefficient (Wildman–Crippen LogP) is 4.38. The summed E-state index contributed by atoms with van der Waals surface area (Å²) in [5.41, 5.74) is 0.592. The number of carbonyl (C=O) groups is 1. The van der Waals surface area contributed by atoms with Crippen LogP contribution < -0.4 is 9.47 Å². The Morgan fingerprint density at radius 1 is 1.07 bits per heavy atom. The van der Waals surface area contributed by atoms with Crippen LogP contribution in [0.4, 0.5) is 13.2 Å². The quantitative estimate of drug-likeness (QED) is 0.779. The lowest BCUT2D eigenvalue weighted by atomic mass is 10.0. The van der Waals surface area contributed by atoms with Crippen LogP contribution in [0.3, 0.4) is 0 Å². The van der Waals surface area contributed by atoms with Crippen molar-refractivity contribution in [1.29, 1.82) is 0 Å². The first kappa shape index (κ1) is 18.7. The van der Waals surface area contributed by atoms with E-state index >= 15 is 0 Å². The molecule has 4 rings (SSSR count). The summed E-state index contributed by atoms with van der Waals surface area (Å²) in [6.45, 7) is 1.59. The first-order valence-corrected chi connectivity index (χ1v) is 9.27. The monoisotopic (exact) mass is 391 g/mol. The van der Waals surface area contributed by atoms with Crippen molar-refractivity contribution in [2.75, 3.05) is 19.8 Å². The van der Waals surface area contributed by atoms with Gasteiger partial charge in [-0.15, -0.1) is 0 Å². The average Bonchev–Trinajstić information content (AvgIpc) is 3.17. The van der Waals surface area contributed by atoms with Crippen LogP contribution in [0.1, 0.15) is 35.6 Å². The number of nitrogens with zero attached hydrogens (tertiary/aromatic N) is 1. The molecule has 0 aliphatic carbocycles. The van der Waals surface area contributed by atoms with Gasteiger partial charge in [0, 0.05) is 6.54 Å². The highest BCUT2D eigenvalue weighted by Gasteiger charge is 2.32. The molecule has 0 saturated carbocycles. The molecule has 0 spiro atoms. The second-order valence-corrected chi connectivity index (χ2v) is 7.02. The third-order valence-corrected chi connectivity index (χ3v) is 5.13. The summed E-state index contributed by atoms with van der Waals surface area (Å²) in [6.07, 6.45) is -2.80. The number of benzene rings is 2. The Balaban J connectivity index is 1.51. The predicted molar refractivity (Wildman–Crippen MR) is 96.3 cm³/mol. The zero-order valence-electron chi connectivity index (χ0n) is 15.2. The van der Waals surface area contributed by atoms with Gasteiger partial charge in [-0.25, -0.2) is 0 Å². The molecule has 2 heterocycles. The van der Waals surface area contributed by atoms with Gasteiger partial charge in [0.2, 0.25) is 5.91 Å². The van der Waals surface area contributed by atoms with Crippen molar-refractivity contribution in [3.8, 4) is 11.5 Å². The Morgan fingerprint density at radius 3 is 2.64 bits per heavy atom. The maximum atomic E-state index is 12.9. The number of hydrogen-bond acceptors (Lipinski definition) is 3. The number of fused-ring (bicyclic) bond motifs is 1. The molecule has 4 nitrogen and oxygen atoms in total. The lowest BCUT2D eigenvalue weighted by Gasteiger charge is -2.27. The summed E-state index contributed by atoms with van der Waals surface area (Å²) in [4.78, 5) is 14.6. The second kappa shape index (κ2) is 7.37. The van der Waals surface area contributed by atoms with E-state index in [-0.39, 0.29) is 18.4 Å². The molecule has 2 aromatic carbocycles. The van der Waals surface area contributed by atoms with E-state index in [0.29, 0.717) is 36.8 Å². The lowest BCUT2D eigenvalue weighted by Crippen LogP contribution is -2.32. The molecule has 0 bridgehead atoms. The van der Waals surface area contributed by atoms with Gasteiger partial charge in [0.1, 0.15) is 13.2 Å². The minimum Gasteiger partial charge on any atom is -0.486 e. The Bertz CT molecular complexity index is 881. The Labute approximate surface area is 160 Å². The Morgan fingerprint density at radius 2 is 1.86 bits per heavy atom. The molecule has 1 unspecified atom stereocenters. The number of ether oxygens (including phenoxy) is 2.